The second-order valence-corrected chi connectivity index (χ2v) is 6.61. The Bertz CT molecular complexity index is 876. The molecule has 136 valence electrons. The molecule has 1 atom stereocenters. The summed E-state index contributed by atoms with van der Waals surface area (Å²) in [5.74, 6) is 0.753. The molecule has 3 rings (SSSR count). The SMILES string of the molecule is Cc1cc(C)cc(NC(=O)NCC(c2ccco2)n2nc(C)cc2C)c1. The van der Waals surface area contributed by atoms with Gasteiger partial charge in [-0.25, -0.2) is 4.79 Å². The number of hydrogen-bond acceptors (Lipinski definition) is 3. The van der Waals surface area contributed by atoms with Gasteiger partial charge in [0.05, 0.1) is 12.0 Å². The number of urea groups is 1. The van der Waals surface area contributed by atoms with E-state index in [4.69, 9.17) is 4.42 Å². The average Bonchev–Trinajstić information content (AvgIpc) is 3.17. The summed E-state index contributed by atoms with van der Waals surface area (Å²) in [4.78, 5) is 12.3. The molecule has 0 aliphatic rings. The van der Waals surface area contributed by atoms with Gasteiger partial charge >= 0.3 is 6.03 Å². The van der Waals surface area contributed by atoms with Crippen molar-refractivity contribution in [1.82, 2.24) is 15.1 Å². The van der Waals surface area contributed by atoms with Crippen molar-refractivity contribution >= 4 is 11.7 Å². The molecule has 6 nitrogen and oxygen atoms in total. The van der Waals surface area contributed by atoms with Crippen LogP contribution in [0.3, 0.4) is 0 Å². The maximum atomic E-state index is 12.3. The Morgan fingerprint density at radius 2 is 1.88 bits per heavy atom. The van der Waals surface area contributed by atoms with E-state index in [0.717, 1.165) is 34.0 Å². The Balaban J connectivity index is 1.72. The Labute approximate surface area is 153 Å². The van der Waals surface area contributed by atoms with Crippen molar-refractivity contribution in [3.8, 4) is 0 Å². The Kier molecular flexibility index (Phi) is 5.11. The highest BCUT2D eigenvalue weighted by Crippen LogP contribution is 2.20. The maximum Gasteiger partial charge on any atom is 0.319 e. The predicted octanol–water partition coefficient (Wildman–Crippen LogP) is 4.12. The highest BCUT2D eigenvalue weighted by Gasteiger charge is 2.20. The van der Waals surface area contributed by atoms with E-state index < -0.39 is 0 Å². The molecular weight excluding hydrogens is 328 g/mol. The Morgan fingerprint density at radius 3 is 2.46 bits per heavy atom. The summed E-state index contributed by atoms with van der Waals surface area (Å²) >= 11 is 0. The molecule has 0 spiro atoms. The van der Waals surface area contributed by atoms with Crippen molar-refractivity contribution in [3.63, 3.8) is 0 Å². The summed E-state index contributed by atoms with van der Waals surface area (Å²) in [5, 5.41) is 10.3. The molecule has 0 radical (unpaired) electrons. The topological polar surface area (TPSA) is 72.1 Å². The van der Waals surface area contributed by atoms with Crippen LogP contribution in [0.15, 0.2) is 47.1 Å². The van der Waals surface area contributed by atoms with Crippen LogP contribution in [0.1, 0.15) is 34.3 Å². The van der Waals surface area contributed by atoms with E-state index in [-0.39, 0.29) is 12.1 Å². The second kappa shape index (κ2) is 7.47. The van der Waals surface area contributed by atoms with Crippen molar-refractivity contribution in [2.24, 2.45) is 0 Å². The van der Waals surface area contributed by atoms with Crippen LogP contribution < -0.4 is 10.6 Å². The standard InChI is InChI=1S/C20H24N4O2/c1-13-8-14(2)10-17(9-13)22-20(25)21-12-18(19-6-5-7-26-19)24-16(4)11-15(3)23-24/h5-11,18H,12H2,1-4H3,(H2,21,22,25). The first kappa shape index (κ1) is 17.8. The van der Waals surface area contributed by atoms with Crippen molar-refractivity contribution < 1.29 is 9.21 Å². The van der Waals surface area contributed by atoms with Crippen LogP contribution in [-0.4, -0.2) is 22.4 Å². The third-order valence-electron chi connectivity index (χ3n) is 4.15. The highest BCUT2D eigenvalue weighted by molar-refractivity contribution is 5.89. The lowest BCUT2D eigenvalue weighted by Gasteiger charge is -2.18. The first-order valence-electron chi connectivity index (χ1n) is 8.61. The molecule has 0 aliphatic heterocycles. The van der Waals surface area contributed by atoms with E-state index in [0.29, 0.717) is 6.54 Å². The number of aromatic nitrogens is 2. The van der Waals surface area contributed by atoms with E-state index in [9.17, 15) is 4.79 Å². The number of anilines is 1. The fourth-order valence-corrected chi connectivity index (χ4v) is 3.16. The number of rotatable bonds is 5. The maximum absolute atomic E-state index is 12.3. The first-order valence-corrected chi connectivity index (χ1v) is 8.61. The van der Waals surface area contributed by atoms with Crippen LogP contribution in [0.25, 0.3) is 0 Å². The fraction of sp³-hybridized carbons (Fsp3) is 0.300. The smallest absolute Gasteiger partial charge is 0.319 e. The van der Waals surface area contributed by atoms with Gasteiger partial charge in [-0.1, -0.05) is 6.07 Å². The number of nitrogens with zero attached hydrogens (tertiary/aromatic N) is 2. The summed E-state index contributed by atoms with van der Waals surface area (Å²) in [6.07, 6.45) is 1.63. The molecular formula is C20H24N4O2. The molecule has 2 N–H and O–H groups in total. The van der Waals surface area contributed by atoms with Crippen LogP contribution in [-0.2, 0) is 0 Å². The van der Waals surface area contributed by atoms with Crippen LogP contribution in [0, 0.1) is 27.7 Å². The van der Waals surface area contributed by atoms with E-state index in [2.05, 4.69) is 21.8 Å². The first-order chi connectivity index (χ1) is 12.4. The third kappa shape index (κ3) is 4.14. The Morgan fingerprint density at radius 1 is 1.15 bits per heavy atom. The van der Waals surface area contributed by atoms with E-state index in [1.807, 2.05) is 62.7 Å². The molecule has 2 amide bonds. The van der Waals surface area contributed by atoms with Gasteiger partial charge in [-0.3, -0.25) is 4.68 Å². The van der Waals surface area contributed by atoms with Crippen molar-refractivity contribution in [1.29, 1.82) is 0 Å². The van der Waals surface area contributed by atoms with Crippen LogP contribution in [0.5, 0.6) is 0 Å². The van der Waals surface area contributed by atoms with Crippen LogP contribution in [0.2, 0.25) is 0 Å². The fourth-order valence-electron chi connectivity index (χ4n) is 3.16. The van der Waals surface area contributed by atoms with Gasteiger partial charge in [0.15, 0.2) is 0 Å². The van der Waals surface area contributed by atoms with Crippen LogP contribution >= 0.6 is 0 Å². The zero-order valence-corrected chi connectivity index (χ0v) is 15.5. The lowest BCUT2D eigenvalue weighted by atomic mass is 10.1. The minimum atomic E-state index is -0.256. The summed E-state index contributed by atoms with van der Waals surface area (Å²) in [6.45, 7) is 8.32. The molecule has 0 fully saturated rings. The lowest BCUT2D eigenvalue weighted by molar-refractivity contribution is 0.249. The number of hydrogen-bond donors (Lipinski definition) is 2. The molecule has 0 aliphatic carbocycles. The second-order valence-electron chi connectivity index (χ2n) is 6.61. The number of aryl methyl sites for hydroxylation is 4. The number of nitrogens with one attached hydrogen (secondary N) is 2. The van der Waals surface area contributed by atoms with Gasteiger partial charge in [-0.2, -0.15) is 5.10 Å². The quantitative estimate of drug-likeness (QED) is 0.725. The van der Waals surface area contributed by atoms with Gasteiger partial charge < -0.3 is 15.1 Å². The molecule has 1 aromatic carbocycles. The number of furan rings is 1. The van der Waals surface area contributed by atoms with Gasteiger partial charge in [-0.15, -0.1) is 0 Å². The molecule has 1 unspecified atom stereocenters. The number of amides is 2. The number of benzene rings is 1. The molecule has 3 aromatic rings. The van der Waals surface area contributed by atoms with Gasteiger partial charge in [-0.05, 0) is 69.2 Å². The minimum absolute atomic E-state index is 0.205. The lowest BCUT2D eigenvalue weighted by Crippen LogP contribution is -2.35. The van der Waals surface area contributed by atoms with E-state index >= 15 is 0 Å². The molecule has 6 heteroatoms. The molecule has 0 saturated heterocycles. The van der Waals surface area contributed by atoms with Crippen molar-refractivity contribution in [2.45, 2.75) is 33.7 Å². The van der Waals surface area contributed by atoms with Crippen molar-refractivity contribution in [2.75, 3.05) is 11.9 Å². The number of carbonyl (C=O) groups excluding carboxylic acids is 1. The molecule has 26 heavy (non-hydrogen) atoms. The molecule has 2 heterocycles. The highest BCUT2D eigenvalue weighted by atomic mass is 16.3. The zero-order chi connectivity index (χ0) is 18.7. The van der Waals surface area contributed by atoms with Gasteiger partial charge in [0.2, 0.25) is 0 Å². The van der Waals surface area contributed by atoms with E-state index in [1.54, 1.807) is 6.26 Å². The van der Waals surface area contributed by atoms with Gasteiger partial charge in [0.25, 0.3) is 0 Å². The Hall–Kier alpha value is -3.02. The minimum Gasteiger partial charge on any atom is -0.467 e. The summed E-state index contributed by atoms with van der Waals surface area (Å²) < 4.78 is 7.44. The van der Waals surface area contributed by atoms with Gasteiger partial charge in [0, 0.05) is 17.9 Å². The van der Waals surface area contributed by atoms with Crippen LogP contribution in [0.4, 0.5) is 10.5 Å². The van der Waals surface area contributed by atoms with Gasteiger partial charge in [0.1, 0.15) is 11.8 Å². The third-order valence-corrected chi connectivity index (χ3v) is 4.15. The predicted molar refractivity (Wildman–Crippen MR) is 101 cm³/mol. The molecule has 2 aromatic heterocycles. The average molecular weight is 352 g/mol. The summed E-state index contributed by atoms with van der Waals surface area (Å²) in [7, 11) is 0. The van der Waals surface area contributed by atoms with E-state index in [1.165, 1.54) is 0 Å². The summed E-state index contributed by atoms with van der Waals surface area (Å²) in [5.41, 5.74) is 4.94. The number of carbonyl (C=O) groups is 1. The molecule has 0 bridgehead atoms. The normalized spacial score (nSPS) is 12.0. The summed E-state index contributed by atoms with van der Waals surface area (Å²) in [6, 6.07) is 11.2. The molecule has 0 saturated carbocycles. The van der Waals surface area contributed by atoms with Crippen molar-refractivity contribution in [3.05, 3.63) is 70.9 Å². The largest absolute Gasteiger partial charge is 0.467 e. The zero-order valence-electron chi connectivity index (χ0n) is 15.5. The monoisotopic (exact) mass is 352 g/mol.